The molecule has 78 valence electrons. The van der Waals surface area contributed by atoms with Crippen LogP contribution in [0.3, 0.4) is 0 Å². The minimum atomic E-state index is 0.384. The van der Waals surface area contributed by atoms with Crippen molar-refractivity contribution in [3.63, 3.8) is 0 Å². The molecule has 1 aliphatic carbocycles. The van der Waals surface area contributed by atoms with Crippen molar-refractivity contribution in [2.75, 3.05) is 0 Å². The Morgan fingerprint density at radius 1 is 1.40 bits per heavy atom. The third kappa shape index (κ3) is 2.01. The Labute approximate surface area is 95.7 Å². The molecular weight excluding hydrogens is 206 g/mol. The van der Waals surface area contributed by atoms with Crippen molar-refractivity contribution in [1.29, 1.82) is 5.26 Å². The number of nitriles is 1. The van der Waals surface area contributed by atoms with Gasteiger partial charge in [-0.1, -0.05) is 31.5 Å². The first-order valence-corrected chi connectivity index (χ1v) is 5.74. The second-order valence-corrected chi connectivity index (χ2v) is 4.91. The monoisotopic (exact) mass is 219 g/mol. The van der Waals surface area contributed by atoms with Crippen LogP contribution in [0.1, 0.15) is 55.2 Å². The van der Waals surface area contributed by atoms with Crippen LogP contribution in [-0.4, -0.2) is 0 Å². The second-order valence-electron chi connectivity index (χ2n) is 4.50. The van der Waals surface area contributed by atoms with E-state index in [1.54, 1.807) is 0 Å². The van der Waals surface area contributed by atoms with E-state index in [4.69, 9.17) is 16.9 Å². The zero-order valence-electron chi connectivity index (χ0n) is 9.05. The van der Waals surface area contributed by atoms with Crippen LogP contribution >= 0.6 is 11.6 Å². The van der Waals surface area contributed by atoms with Crippen molar-refractivity contribution in [3.8, 4) is 6.07 Å². The van der Waals surface area contributed by atoms with Crippen LogP contribution in [0.2, 0.25) is 5.02 Å². The number of halogens is 1. The molecule has 0 bridgehead atoms. The lowest BCUT2D eigenvalue weighted by molar-refractivity contribution is 0.858. The molecule has 1 aliphatic rings. The Morgan fingerprint density at radius 2 is 2.07 bits per heavy atom. The summed E-state index contributed by atoms with van der Waals surface area (Å²) in [5.41, 5.74) is 3.09. The molecule has 0 aliphatic heterocycles. The third-order valence-electron chi connectivity index (χ3n) is 2.93. The predicted molar refractivity (Wildman–Crippen MR) is 62.2 cm³/mol. The Kier molecular flexibility index (Phi) is 2.71. The van der Waals surface area contributed by atoms with Gasteiger partial charge < -0.3 is 0 Å². The van der Waals surface area contributed by atoms with E-state index in [0.717, 1.165) is 16.1 Å². The van der Waals surface area contributed by atoms with Gasteiger partial charge in [-0.05, 0) is 41.9 Å². The van der Waals surface area contributed by atoms with Crippen LogP contribution in [0.4, 0.5) is 0 Å². The first kappa shape index (κ1) is 10.5. The maximum Gasteiger partial charge on any atom is 0.0995 e. The highest BCUT2D eigenvalue weighted by Crippen LogP contribution is 2.44. The van der Waals surface area contributed by atoms with E-state index in [0.29, 0.717) is 11.8 Å². The summed E-state index contributed by atoms with van der Waals surface area (Å²) in [6.07, 6.45) is 2.48. The van der Waals surface area contributed by atoms with Gasteiger partial charge in [-0.3, -0.25) is 0 Å². The highest BCUT2D eigenvalue weighted by atomic mass is 35.5. The van der Waals surface area contributed by atoms with Gasteiger partial charge in [-0.25, -0.2) is 0 Å². The third-order valence-corrected chi connectivity index (χ3v) is 3.26. The lowest BCUT2D eigenvalue weighted by atomic mass is 9.94. The fraction of sp³-hybridized carbons (Fsp3) is 0.462. The van der Waals surface area contributed by atoms with E-state index >= 15 is 0 Å². The van der Waals surface area contributed by atoms with Gasteiger partial charge in [0.1, 0.15) is 0 Å². The minimum absolute atomic E-state index is 0.384. The van der Waals surface area contributed by atoms with E-state index in [1.807, 2.05) is 6.07 Å². The molecule has 2 rings (SSSR count). The zero-order valence-corrected chi connectivity index (χ0v) is 9.80. The fourth-order valence-electron chi connectivity index (χ4n) is 1.89. The number of rotatable bonds is 2. The maximum atomic E-state index is 9.03. The van der Waals surface area contributed by atoms with Crippen LogP contribution in [0.25, 0.3) is 0 Å². The molecule has 1 nitrogen and oxygen atoms in total. The molecule has 0 saturated heterocycles. The van der Waals surface area contributed by atoms with Crippen LogP contribution in [0.15, 0.2) is 12.1 Å². The topological polar surface area (TPSA) is 23.8 Å². The first-order valence-electron chi connectivity index (χ1n) is 5.37. The number of hydrogen-bond acceptors (Lipinski definition) is 1. The molecule has 0 N–H and O–H groups in total. The molecule has 1 aromatic rings. The highest BCUT2D eigenvalue weighted by molar-refractivity contribution is 6.31. The van der Waals surface area contributed by atoms with Crippen LogP contribution in [-0.2, 0) is 0 Å². The molecule has 1 aromatic carbocycles. The Bertz CT molecular complexity index is 425. The molecule has 0 atom stereocenters. The minimum Gasteiger partial charge on any atom is -0.192 e. The van der Waals surface area contributed by atoms with Crippen LogP contribution < -0.4 is 0 Å². The summed E-state index contributed by atoms with van der Waals surface area (Å²) < 4.78 is 0. The van der Waals surface area contributed by atoms with E-state index in [9.17, 15) is 0 Å². The molecule has 1 saturated carbocycles. The van der Waals surface area contributed by atoms with Gasteiger partial charge in [0, 0.05) is 5.02 Å². The Balaban J connectivity index is 2.52. The van der Waals surface area contributed by atoms with Gasteiger partial charge >= 0.3 is 0 Å². The summed E-state index contributed by atoms with van der Waals surface area (Å²) >= 11 is 6.17. The van der Waals surface area contributed by atoms with Crippen molar-refractivity contribution < 1.29 is 0 Å². The van der Waals surface area contributed by atoms with Crippen molar-refractivity contribution in [3.05, 3.63) is 33.8 Å². The molecule has 0 aromatic heterocycles. The first-order chi connectivity index (χ1) is 7.13. The molecule has 2 heteroatoms. The summed E-state index contributed by atoms with van der Waals surface area (Å²) in [7, 11) is 0. The van der Waals surface area contributed by atoms with Gasteiger partial charge in [0.15, 0.2) is 0 Å². The molecule has 1 fully saturated rings. The second kappa shape index (κ2) is 3.87. The predicted octanol–water partition coefficient (Wildman–Crippen LogP) is 4.21. The maximum absolute atomic E-state index is 9.03. The van der Waals surface area contributed by atoms with Gasteiger partial charge in [-0.15, -0.1) is 0 Å². The van der Waals surface area contributed by atoms with E-state index in [-0.39, 0.29) is 0 Å². The molecule has 0 radical (unpaired) electrons. The molecular formula is C13H14ClN. The van der Waals surface area contributed by atoms with E-state index in [2.05, 4.69) is 26.0 Å². The normalized spacial score (nSPS) is 15.4. The Hall–Kier alpha value is -1.00. The highest BCUT2D eigenvalue weighted by Gasteiger charge is 2.27. The van der Waals surface area contributed by atoms with Crippen molar-refractivity contribution in [2.45, 2.75) is 38.5 Å². The summed E-state index contributed by atoms with van der Waals surface area (Å²) in [4.78, 5) is 0. The summed E-state index contributed by atoms with van der Waals surface area (Å²) in [5, 5.41) is 9.79. The largest absolute Gasteiger partial charge is 0.192 e. The Morgan fingerprint density at radius 3 is 2.53 bits per heavy atom. The molecule has 0 heterocycles. The smallest absolute Gasteiger partial charge is 0.0995 e. The summed E-state index contributed by atoms with van der Waals surface area (Å²) in [5.74, 6) is 1.03. The number of benzene rings is 1. The SMILES string of the molecule is CC(C)c1cc(C2CC2)c(Cl)cc1C#N. The van der Waals surface area contributed by atoms with Gasteiger partial charge in [0.05, 0.1) is 11.6 Å². The lowest BCUT2D eigenvalue weighted by Gasteiger charge is -2.11. The quantitative estimate of drug-likeness (QED) is 0.731. The van der Waals surface area contributed by atoms with Crippen molar-refractivity contribution in [1.82, 2.24) is 0 Å². The van der Waals surface area contributed by atoms with Gasteiger partial charge in [-0.2, -0.15) is 5.26 Å². The fourth-order valence-corrected chi connectivity index (χ4v) is 2.21. The van der Waals surface area contributed by atoms with Crippen molar-refractivity contribution in [2.24, 2.45) is 0 Å². The average Bonchev–Trinajstić information content (AvgIpc) is 3.00. The zero-order chi connectivity index (χ0) is 11.0. The van der Waals surface area contributed by atoms with Gasteiger partial charge in [0.25, 0.3) is 0 Å². The molecule has 0 unspecified atom stereocenters. The van der Waals surface area contributed by atoms with E-state index < -0.39 is 0 Å². The summed E-state index contributed by atoms with van der Waals surface area (Å²) in [6.45, 7) is 4.22. The number of hydrogen-bond donors (Lipinski definition) is 0. The van der Waals surface area contributed by atoms with Crippen LogP contribution in [0, 0.1) is 11.3 Å². The standard InChI is InChI=1S/C13H14ClN/c1-8(2)11-6-12(9-3-4-9)13(14)5-10(11)7-15/h5-6,8-9H,3-4H2,1-2H3. The average molecular weight is 220 g/mol. The van der Waals surface area contributed by atoms with Crippen LogP contribution in [0.5, 0.6) is 0 Å². The lowest BCUT2D eigenvalue weighted by Crippen LogP contribution is -1.96. The molecule has 15 heavy (non-hydrogen) atoms. The number of nitrogens with zero attached hydrogens (tertiary/aromatic N) is 1. The molecule has 0 spiro atoms. The molecule has 0 amide bonds. The summed E-state index contributed by atoms with van der Waals surface area (Å²) in [6, 6.07) is 6.17. The van der Waals surface area contributed by atoms with Crippen molar-refractivity contribution >= 4 is 11.6 Å². The van der Waals surface area contributed by atoms with Gasteiger partial charge in [0.2, 0.25) is 0 Å². The van der Waals surface area contributed by atoms with E-state index in [1.165, 1.54) is 18.4 Å².